The number of carbonyl (C=O) groups excluding carboxylic acids is 1. The summed E-state index contributed by atoms with van der Waals surface area (Å²) >= 11 is 0. The Hall–Kier alpha value is -1.79. The van der Waals surface area contributed by atoms with Crippen LogP contribution in [0.1, 0.15) is 284 Å². The molecule has 2 saturated heterocycles. The zero-order valence-electron chi connectivity index (χ0n) is 50.8. The first-order valence-corrected chi connectivity index (χ1v) is 33.2. The van der Waals surface area contributed by atoms with E-state index in [-0.39, 0.29) is 18.9 Å². The van der Waals surface area contributed by atoms with E-state index < -0.39 is 86.8 Å². The number of carbonyl (C=O) groups is 1. The van der Waals surface area contributed by atoms with E-state index in [1.165, 1.54) is 218 Å². The Morgan fingerprint density at radius 3 is 1.23 bits per heavy atom. The number of aliphatic hydroxyl groups excluding tert-OH is 8. The number of aliphatic hydroxyl groups is 8. The maximum Gasteiger partial charge on any atom is 0.220 e. The second-order valence-corrected chi connectivity index (χ2v) is 23.6. The van der Waals surface area contributed by atoms with Gasteiger partial charge in [-0.15, -0.1) is 0 Å². The van der Waals surface area contributed by atoms with Crippen LogP contribution in [0.25, 0.3) is 0 Å². The Bertz CT molecular complexity index is 1480. The Morgan fingerprint density at radius 2 is 0.800 bits per heavy atom. The topological polar surface area (TPSA) is 228 Å². The molecule has 0 aromatic carbocycles. The highest BCUT2D eigenvalue weighted by molar-refractivity contribution is 5.76. The summed E-state index contributed by atoms with van der Waals surface area (Å²) in [6, 6.07) is -0.932. The highest BCUT2D eigenvalue weighted by atomic mass is 16.7. The van der Waals surface area contributed by atoms with Crippen molar-refractivity contribution in [2.45, 2.75) is 357 Å². The summed E-state index contributed by atoms with van der Waals surface area (Å²) in [7, 11) is 0. The minimum absolute atomic E-state index is 0.247. The van der Waals surface area contributed by atoms with Crippen LogP contribution < -0.4 is 5.32 Å². The van der Waals surface area contributed by atoms with Crippen LogP contribution in [0, 0.1) is 0 Å². The molecule has 12 atom stereocenters. The third-order valence-electron chi connectivity index (χ3n) is 16.3. The summed E-state index contributed by atoms with van der Waals surface area (Å²) in [5, 5.41) is 87.3. The number of unbranched alkanes of at least 4 members (excludes halogenated alkanes) is 37. The van der Waals surface area contributed by atoms with Gasteiger partial charge in [-0.3, -0.25) is 4.79 Å². The van der Waals surface area contributed by atoms with Gasteiger partial charge < -0.3 is 65.1 Å². The molecule has 2 aliphatic heterocycles. The molecule has 470 valence electrons. The normalized spacial score (nSPS) is 24.4. The number of nitrogens with one attached hydrogen (secondary N) is 1. The van der Waals surface area contributed by atoms with Crippen molar-refractivity contribution in [3.8, 4) is 0 Å². The average Bonchev–Trinajstić information content (AvgIpc) is 3.46. The van der Waals surface area contributed by atoms with Crippen LogP contribution in [-0.2, 0) is 23.7 Å². The van der Waals surface area contributed by atoms with Gasteiger partial charge in [0.2, 0.25) is 5.91 Å². The minimum Gasteiger partial charge on any atom is -0.394 e. The van der Waals surface area contributed by atoms with Crippen molar-refractivity contribution in [3.63, 3.8) is 0 Å². The molecule has 12 unspecified atom stereocenters. The molecule has 0 radical (unpaired) electrons. The standard InChI is InChI=1S/C66H123NO13/c1-3-5-7-9-11-13-15-17-19-21-23-25-27-29-31-33-35-37-39-41-43-45-47-49-55(70)54(53-77-65-63(76)61(74)64(57(52-69)79-65)80-66-62(75)60(73)59(72)56(51-68)78-66)67-58(71)50-48-46-44-42-40-38-36-34-32-30-28-26-24-22-20-18-16-14-12-10-8-6-4-2/h22,24,39,41,47,49,54-57,59-66,68-70,72-76H,3-21,23,25-38,40,42-46,48,50-53H2,1-2H3,(H,67,71)/b24-22-,41-39+,49-47+. The van der Waals surface area contributed by atoms with Gasteiger partial charge in [-0.1, -0.05) is 256 Å². The fourth-order valence-corrected chi connectivity index (χ4v) is 11.0. The molecule has 2 aliphatic rings. The Kier molecular flexibility index (Phi) is 47.9. The molecule has 9 N–H and O–H groups in total. The molecule has 0 bridgehead atoms. The Balaban J connectivity index is 1.73. The van der Waals surface area contributed by atoms with E-state index in [0.29, 0.717) is 12.8 Å². The van der Waals surface area contributed by atoms with Gasteiger partial charge in [0.15, 0.2) is 12.6 Å². The monoisotopic (exact) mass is 1140 g/mol. The molecule has 0 spiro atoms. The first-order valence-electron chi connectivity index (χ1n) is 33.2. The highest BCUT2D eigenvalue weighted by Crippen LogP contribution is 2.30. The molecular formula is C66H123NO13. The van der Waals surface area contributed by atoms with Crippen LogP contribution in [0.5, 0.6) is 0 Å². The van der Waals surface area contributed by atoms with Crippen LogP contribution in [0.2, 0.25) is 0 Å². The molecule has 0 aliphatic carbocycles. The third-order valence-corrected chi connectivity index (χ3v) is 16.3. The van der Waals surface area contributed by atoms with Crippen LogP contribution in [0.3, 0.4) is 0 Å². The summed E-state index contributed by atoms with van der Waals surface area (Å²) in [5.41, 5.74) is 0. The van der Waals surface area contributed by atoms with Crippen molar-refractivity contribution in [1.82, 2.24) is 5.32 Å². The first kappa shape index (κ1) is 74.3. The van der Waals surface area contributed by atoms with Gasteiger partial charge in [-0.05, 0) is 57.8 Å². The predicted octanol–water partition coefficient (Wildman–Crippen LogP) is 12.6. The van der Waals surface area contributed by atoms with Gasteiger partial charge in [0.25, 0.3) is 0 Å². The van der Waals surface area contributed by atoms with E-state index in [4.69, 9.17) is 18.9 Å². The number of allylic oxidation sites excluding steroid dienone is 5. The second kappa shape index (κ2) is 51.6. The zero-order chi connectivity index (χ0) is 58.1. The average molecular weight is 1140 g/mol. The lowest BCUT2D eigenvalue weighted by molar-refractivity contribution is -0.359. The van der Waals surface area contributed by atoms with E-state index in [1.807, 2.05) is 6.08 Å². The van der Waals surface area contributed by atoms with Crippen molar-refractivity contribution in [2.75, 3.05) is 19.8 Å². The van der Waals surface area contributed by atoms with Crippen molar-refractivity contribution in [3.05, 3.63) is 36.5 Å². The summed E-state index contributed by atoms with van der Waals surface area (Å²) in [4.78, 5) is 13.3. The molecule has 0 saturated carbocycles. The molecule has 80 heavy (non-hydrogen) atoms. The van der Waals surface area contributed by atoms with E-state index in [1.54, 1.807) is 6.08 Å². The quantitative estimate of drug-likeness (QED) is 0.0204. The van der Waals surface area contributed by atoms with E-state index in [9.17, 15) is 45.6 Å². The molecule has 14 heteroatoms. The first-order chi connectivity index (χ1) is 39.1. The molecule has 14 nitrogen and oxygen atoms in total. The van der Waals surface area contributed by atoms with Crippen molar-refractivity contribution in [2.24, 2.45) is 0 Å². The van der Waals surface area contributed by atoms with Crippen LogP contribution in [0.15, 0.2) is 36.5 Å². The third kappa shape index (κ3) is 36.1. The summed E-state index contributed by atoms with van der Waals surface area (Å²) in [6.45, 7) is 2.82. The van der Waals surface area contributed by atoms with E-state index >= 15 is 0 Å². The lowest BCUT2D eigenvalue weighted by Crippen LogP contribution is -2.65. The fourth-order valence-electron chi connectivity index (χ4n) is 11.0. The number of ether oxygens (including phenoxy) is 4. The van der Waals surface area contributed by atoms with Crippen molar-refractivity contribution in [1.29, 1.82) is 0 Å². The number of hydrogen-bond acceptors (Lipinski definition) is 13. The summed E-state index contributed by atoms with van der Waals surface area (Å²) in [5.74, 6) is -0.247. The SMILES string of the molecule is CCCCCCCCCC/C=C\CCCCCCCCCCCCCC(=O)NC(COC1OC(CO)C(OC2OC(CO)C(O)C(O)C2O)C(O)C1O)C(O)/C=C/CC/C=C/CCCCCCCCCCCCCCCCCCC. The largest absolute Gasteiger partial charge is 0.394 e. The van der Waals surface area contributed by atoms with Crippen molar-refractivity contribution >= 4 is 5.91 Å². The van der Waals surface area contributed by atoms with Gasteiger partial charge in [0.1, 0.15) is 48.8 Å². The molecular weight excluding hydrogens is 1010 g/mol. The minimum atomic E-state index is -1.79. The lowest BCUT2D eigenvalue weighted by Gasteiger charge is -2.46. The Morgan fingerprint density at radius 1 is 0.438 bits per heavy atom. The van der Waals surface area contributed by atoms with Gasteiger partial charge in [-0.25, -0.2) is 0 Å². The lowest BCUT2D eigenvalue weighted by atomic mass is 9.97. The maximum atomic E-state index is 13.3. The molecule has 2 rings (SSSR count). The van der Waals surface area contributed by atoms with E-state index in [2.05, 4.69) is 43.5 Å². The number of amides is 1. The number of hydrogen-bond donors (Lipinski definition) is 9. The number of rotatable bonds is 54. The highest BCUT2D eigenvalue weighted by Gasteiger charge is 2.51. The van der Waals surface area contributed by atoms with Crippen LogP contribution in [-0.4, -0.2) is 140 Å². The Labute approximate surface area is 487 Å². The van der Waals surface area contributed by atoms with Crippen LogP contribution in [0.4, 0.5) is 0 Å². The molecule has 0 aromatic rings. The van der Waals surface area contributed by atoms with E-state index in [0.717, 1.165) is 32.1 Å². The molecule has 2 fully saturated rings. The van der Waals surface area contributed by atoms with Gasteiger partial charge in [-0.2, -0.15) is 0 Å². The fraction of sp³-hybridized carbons (Fsp3) is 0.894. The second-order valence-electron chi connectivity index (χ2n) is 23.6. The molecule has 1 amide bonds. The zero-order valence-corrected chi connectivity index (χ0v) is 50.8. The molecule has 0 aromatic heterocycles. The van der Waals surface area contributed by atoms with Gasteiger partial charge in [0, 0.05) is 6.42 Å². The maximum absolute atomic E-state index is 13.3. The van der Waals surface area contributed by atoms with Gasteiger partial charge in [0.05, 0.1) is 32.0 Å². The van der Waals surface area contributed by atoms with Crippen molar-refractivity contribution < 1.29 is 64.6 Å². The summed E-state index contributed by atoms with van der Waals surface area (Å²) in [6.07, 6.45) is 47.6. The smallest absolute Gasteiger partial charge is 0.220 e. The molecule has 2 heterocycles. The summed E-state index contributed by atoms with van der Waals surface area (Å²) < 4.78 is 22.8. The van der Waals surface area contributed by atoms with Crippen LogP contribution >= 0.6 is 0 Å². The predicted molar refractivity (Wildman–Crippen MR) is 323 cm³/mol. The van der Waals surface area contributed by atoms with Gasteiger partial charge >= 0.3 is 0 Å².